The maximum Gasteiger partial charge on any atom is 0.324 e. The summed E-state index contributed by atoms with van der Waals surface area (Å²) in [4.78, 5) is 12.5. The standard InChI is InChI=1S/C19H23NO4/c1-2-22-17(21)16(14-20)18(15-6-4-3-5-7-15)8-10-19(11-9-18)23-12-13-24-19/h3-7,16H,2,8-13H2,1H3. The second kappa shape index (κ2) is 6.92. The van der Waals surface area contributed by atoms with Gasteiger partial charge in [0.1, 0.15) is 0 Å². The molecule has 5 heteroatoms. The van der Waals surface area contributed by atoms with Gasteiger partial charge < -0.3 is 14.2 Å². The van der Waals surface area contributed by atoms with Crippen LogP contribution in [0.15, 0.2) is 30.3 Å². The normalized spacial score (nSPS) is 22.7. The fourth-order valence-electron chi connectivity index (χ4n) is 4.00. The Morgan fingerprint density at radius 2 is 1.83 bits per heavy atom. The second-order valence-electron chi connectivity index (χ2n) is 6.44. The molecule has 1 aliphatic heterocycles. The van der Waals surface area contributed by atoms with Gasteiger partial charge in [-0.1, -0.05) is 30.3 Å². The molecule has 1 atom stereocenters. The van der Waals surface area contributed by atoms with Crippen molar-refractivity contribution in [3.8, 4) is 6.07 Å². The van der Waals surface area contributed by atoms with Crippen LogP contribution in [0.5, 0.6) is 0 Å². The summed E-state index contributed by atoms with van der Waals surface area (Å²) < 4.78 is 16.8. The molecular weight excluding hydrogens is 306 g/mol. The molecule has 0 N–H and O–H groups in total. The molecule has 2 fully saturated rings. The first-order valence-corrected chi connectivity index (χ1v) is 8.55. The Balaban J connectivity index is 1.94. The van der Waals surface area contributed by atoms with Crippen molar-refractivity contribution >= 4 is 5.97 Å². The average Bonchev–Trinajstić information content (AvgIpc) is 3.07. The molecule has 0 aromatic heterocycles. The van der Waals surface area contributed by atoms with Crippen molar-refractivity contribution in [1.29, 1.82) is 5.26 Å². The van der Waals surface area contributed by atoms with E-state index in [0.717, 1.165) is 5.56 Å². The van der Waals surface area contributed by atoms with Crippen LogP contribution in [0, 0.1) is 17.2 Å². The quantitative estimate of drug-likeness (QED) is 0.794. The zero-order valence-electron chi connectivity index (χ0n) is 14.0. The van der Waals surface area contributed by atoms with Crippen molar-refractivity contribution in [2.75, 3.05) is 19.8 Å². The predicted molar refractivity (Wildman–Crippen MR) is 87.0 cm³/mol. The lowest BCUT2D eigenvalue weighted by Crippen LogP contribution is -2.48. The molecule has 24 heavy (non-hydrogen) atoms. The van der Waals surface area contributed by atoms with Crippen molar-refractivity contribution in [2.45, 2.75) is 43.8 Å². The summed E-state index contributed by atoms with van der Waals surface area (Å²) in [6, 6.07) is 12.1. The van der Waals surface area contributed by atoms with Crippen LogP contribution < -0.4 is 0 Å². The summed E-state index contributed by atoms with van der Waals surface area (Å²) in [6.45, 7) is 3.26. The largest absolute Gasteiger partial charge is 0.465 e. The molecule has 0 amide bonds. The van der Waals surface area contributed by atoms with E-state index in [2.05, 4.69) is 6.07 Å². The number of carbonyl (C=O) groups is 1. The lowest BCUT2D eigenvalue weighted by Gasteiger charge is -2.45. The highest BCUT2D eigenvalue weighted by atomic mass is 16.7. The molecule has 5 nitrogen and oxygen atoms in total. The number of nitriles is 1. The van der Waals surface area contributed by atoms with Crippen molar-refractivity contribution in [3.05, 3.63) is 35.9 Å². The van der Waals surface area contributed by atoms with Gasteiger partial charge in [-0.2, -0.15) is 5.26 Å². The van der Waals surface area contributed by atoms with E-state index in [1.807, 2.05) is 30.3 Å². The minimum Gasteiger partial charge on any atom is -0.465 e. The van der Waals surface area contributed by atoms with Gasteiger partial charge >= 0.3 is 5.97 Å². The Bertz CT molecular complexity index is 606. The Morgan fingerprint density at radius 3 is 2.38 bits per heavy atom. The highest BCUT2D eigenvalue weighted by Crippen LogP contribution is 2.50. The zero-order chi connectivity index (χ0) is 17.0. The highest BCUT2D eigenvalue weighted by Gasteiger charge is 2.53. The Labute approximate surface area is 142 Å². The minimum absolute atomic E-state index is 0.276. The van der Waals surface area contributed by atoms with Crippen molar-refractivity contribution in [2.24, 2.45) is 5.92 Å². The van der Waals surface area contributed by atoms with Crippen LogP contribution >= 0.6 is 0 Å². The number of ether oxygens (including phenoxy) is 3. The maximum atomic E-state index is 12.5. The molecule has 128 valence electrons. The Hall–Kier alpha value is -1.90. The molecule has 3 rings (SSSR count). The van der Waals surface area contributed by atoms with Gasteiger partial charge in [-0.3, -0.25) is 4.79 Å². The maximum absolute atomic E-state index is 12.5. The molecule has 2 aliphatic rings. The number of benzene rings is 1. The lowest BCUT2D eigenvalue weighted by molar-refractivity contribution is -0.189. The molecule has 1 aromatic carbocycles. The number of esters is 1. The van der Waals surface area contributed by atoms with Crippen LogP contribution in [0.1, 0.15) is 38.2 Å². The molecule has 1 saturated heterocycles. The Morgan fingerprint density at radius 1 is 1.21 bits per heavy atom. The van der Waals surface area contributed by atoms with E-state index >= 15 is 0 Å². The minimum atomic E-state index is -0.821. The van der Waals surface area contributed by atoms with Gasteiger partial charge in [-0.05, 0) is 25.3 Å². The van der Waals surface area contributed by atoms with E-state index in [-0.39, 0.29) is 6.61 Å². The van der Waals surface area contributed by atoms with Crippen LogP contribution in [0.25, 0.3) is 0 Å². The predicted octanol–water partition coefficient (Wildman–Crippen LogP) is 2.94. The molecule has 1 unspecified atom stereocenters. The number of rotatable bonds is 4. The number of hydrogen-bond donors (Lipinski definition) is 0. The van der Waals surface area contributed by atoms with E-state index in [4.69, 9.17) is 14.2 Å². The summed E-state index contributed by atoms with van der Waals surface area (Å²) >= 11 is 0. The third-order valence-corrected chi connectivity index (χ3v) is 5.27. The molecule has 0 radical (unpaired) electrons. The molecule has 1 spiro atoms. The first-order chi connectivity index (χ1) is 11.7. The smallest absolute Gasteiger partial charge is 0.324 e. The van der Waals surface area contributed by atoms with Crippen LogP contribution in [-0.2, 0) is 24.4 Å². The topological polar surface area (TPSA) is 68.6 Å². The summed E-state index contributed by atoms with van der Waals surface area (Å²) in [6.07, 6.45) is 2.68. The van der Waals surface area contributed by atoms with E-state index in [0.29, 0.717) is 38.9 Å². The third-order valence-electron chi connectivity index (χ3n) is 5.27. The average molecular weight is 329 g/mol. The fourth-order valence-corrected chi connectivity index (χ4v) is 4.00. The van der Waals surface area contributed by atoms with Gasteiger partial charge in [0.05, 0.1) is 25.9 Å². The van der Waals surface area contributed by atoms with E-state index in [1.165, 1.54) is 0 Å². The first kappa shape index (κ1) is 16.9. The number of nitrogens with zero attached hydrogens (tertiary/aromatic N) is 1. The van der Waals surface area contributed by atoms with E-state index in [1.54, 1.807) is 6.92 Å². The van der Waals surface area contributed by atoms with Crippen molar-refractivity contribution < 1.29 is 19.0 Å². The zero-order valence-corrected chi connectivity index (χ0v) is 14.0. The van der Waals surface area contributed by atoms with E-state index in [9.17, 15) is 10.1 Å². The molecule has 1 aromatic rings. The Kier molecular flexibility index (Phi) is 4.88. The molecule has 1 saturated carbocycles. The SMILES string of the molecule is CCOC(=O)C(C#N)C1(c2ccccc2)CCC2(CC1)OCCO2. The second-order valence-corrected chi connectivity index (χ2v) is 6.44. The summed E-state index contributed by atoms with van der Waals surface area (Å²) in [5.41, 5.74) is 0.459. The fraction of sp³-hybridized carbons (Fsp3) is 0.579. The van der Waals surface area contributed by atoms with Gasteiger partial charge in [0.25, 0.3) is 0 Å². The first-order valence-electron chi connectivity index (χ1n) is 8.55. The lowest BCUT2D eigenvalue weighted by atomic mass is 9.61. The molecule has 1 heterocycles. The molecule has 0 bridgehead atoms. The van der Waals surface area contributed by atoms with E-state index < -0.39 is 23.1 Å². The van der Waals surface area contributed by atoms with Crippen molar-refractivity contribution in [1.82, 2.24) is 0 Å². The van der Waals surface area contributed by atoms with Gasteiger partial charge in [-0.25, -0.2) is 0 Å². The molecule has 1 aliphatic carbocycles. The van der Waals surface area contributed by atoms with Crippen LogP contribution in [0.4, 0.5) is 0 Å². The summed E-state index contributed by atoms with van der Waals surface area (Å²) in [7, 11) is 0. The van der Waals surface area contributed by atoms with Gasteiger partial charge in [-0.15, -0.1) is 0 Å². The van der Waals surface area contributed by atoms with Gasteiger partial charge in [0, 0.05) is 18.3 Å². The van der Waals surface area contributed by atoms with Crippen LogP contribution in [0.2, 0.25) is 0 Å². The van der Waals surface area contributed by atoms with Crippen LogP contribution in [-0.4, -0.2) is 31.6 Å². The monoisotopic (exact) mass is 329 g/mol. The highest BCUT2D eigenvalue weighted by molar-refractivity contribution is 5.77. The van der Waals surface area contributed by atoms with Crippen LogP contribution in [0.3, 0.4) is 0 Å². The van der Waals surface area contributed by atoms with Gasteiger partial charge in [0.15, 0.2) is 11.7 Å². The third kappa shape index (κ3) is 2.92. The van der Waals surface area contributed by atoms with Gasteiger partial charge in [0.2, 0.25) is 0 Å². The number of carbonyl (C=O) groups excluding carboxylic acids is 1. The van der Waals surface area contributed by atoms with Crippen molar-refractivity contribution in [3.63, 3.8) is 0 Å². The number of hydrogen-bond acceptors (Lipinski definition) is 5. The summed E-state index contributed by atoms with van der Waals surface area (Å²) in [5, 5.41) is 9.75. The molecular formula is C19H23NO4. The summed E-state index contributed by atoms with van der Waals surface area (Å²) in [5.74, 6) is -1.79.